The van der Waals surface area contributed by atoms with Crippen LogP contribution in [0.5, 0.6) is 0 Å². The summed E-state index contributed by atoms with van der Waals surface area (Å²) in [5.74, 6) is -1.13. The van der Waals surface area contributed by atoms with Crippen LogP contribution in [0.15, 0.2) is 24.3 Å². The highest BCUT2D eigenvalue weighted by atomic mass is 16.6. The Morgan fingerprint density at radius 3 is 2.48 bits per heavy atom. The molecule has 0 aromatic heterocycles. The van der Waals surface area contributed by atoms with E-state index in [0.29, 0.717) is 0 Å². The van der Waals surface area contributed by atoms with E-state index >= 15 is 0 Å². The van der Waals surface area contributed by atoms with Gasteiger partial charge in [-0.3, -0.25) is 14.9 Å². The molecule has 124 valence electrons. The van der Waals surface area contributed by atoms with Crippen LogP contribution in [0.25, 0.3) is 0 Å². The van der Waals surface area contributed by atoms with E-state index in [9.17, 15) is 19.7 Å². The van der Waals surface area contributed by atoms with Gasteiger partial charge in [-0.2, -0.15) is 0 Å². The summed E-state index contributed by atoms with van der Waals surface area (Å²) >= 11 is 0. The van der Waals surface area contributed by atoms with Gasteiger partial charge in [-0.15, -0.1) is 0 Å². The summed E-state index contributed by atoms with van der Waals surface area (Å²) in [4.78, 5) is 36.3. The number of nitrogens with zero attached hydrogens (tertiary/aromatic N) is 2. The number of ether oxygens (including phenoxy) is 1. The van der Waals surface area contributed by atoms with Crippen LogP contribution in [-0.4, -0.2) is 40.4 Å². The van der Waals surface area contributed by atoms with Crippen LogP contribution in [0.2, 0.25) is 0 Å². The van der Waals surface area contributed by atoms with E-state index in [1.807, 2.05) is 13.8 Å². The lowest BCUT2D eigenvalue weighted by Crippen LogP contribution is -2.49. The van der Waals surface area contributed by atoms with Crippen LogP contribution in [0, 0.1) is 10.1 Å². The Morgan fingerprint density at radius 1 is 1.26 bits per heavy atom. The van der Waals surface area contributed by atoms with Crippen molar-refractivity contribution < 1.29 is 19.2 Å². The molecule has 2 rings (SSSR count). The third-order valence-electron chi connectivity index (χ3n) is 4.13. The number of carbonyl (C=O) groups excluding carboxylic acids is 2. The number of esters is 1. The largest absolute Gasteiger partial charge is 0.452 e. The second-order valence-electron chi connectivity index (χ2n) is 5.78. The predicted molar refractivity (Wildman–Crippen MR) is 83.0 cm³/mol. The number of nitro groups is 1. The van der Waals surface area contributed by atoms with Crippen LogP contribution in [-0.2, 0) is 9.53 Å². The minimum atomic E-state index is -0.858. The average molecular weight is 320 g/mol. The van der Waals surface area contributed by atoms with Gasteiger partial charge in [0.25, 0.3) is 11.6 Å². The van der Waals surface area contributed by atoms with Crippen molar-refractivity contribution in [2.45, 2.75) is 45.2 Å². The smallest absolute Gasteiger partial charge is 0.345 e. The van der Waals surface area contributed by atoms with Gasteiger partial charge in [-0.25, -0.2) is 4.79 Å². The summed E-state index contributed by atoms with van der Waals surface area (Å²) in [6.07, 6.45) is 2.92. The molecule has 7 heteroatoms. The van der Waals surface area contributed by atoms with Gasteiger partial charge in [0.05, 0.1) is 4.92 Å². The highest BCUT2D eigenvalue weighted by Crippen LogP contribution is 2.23. The van der Waals surface area contributed by atoms with Crippen LogP contribution in [0.3, 0.4) is 0 Å². The normalized spacial score (nSPS) is 20.9. The van der Waals surface area contributed by atoms with Crippen molar-refractivity contribution in [1.82, 2.24) is 4.90 Å². The minimum Gasteiger partial charge on any atom is -0.452 e. The van der Waals surface area contributed by atoms with E-state index < -0.39 is 17.5 Å². The van der Waals surface area contributed by atoms with Gasteiger partial charge in [0, 0.05) is 18.2 Å². The molecule has 2 atom stereocenters. The zero-order chi connectivity index (χ0) is 17.0. The first-order valence-corrected chi connectivity index (χ1v) is 7.63. The second-order valence-corrected chi connectivity index (χ2v) is 5.78. The maximum atomic E-state index is 12.3. The lowest BCUT2D eigenvalue weighted by molar-refractivity contribution is -0.385. The summed E-state index contributed by atoms with van der Waals surface area (Å²) in [6, 6.07) is 5.74. The molecular weight excluding hydrogens is 300 g/mol. The molecule has 0 spiro atoms. The number of nitro benzene ring substituents is 1. The summed E-state index contributed by atoms with van der Waals surface area (Å²) in [5, 5.41) is 10.9. The van der Waals surface area contributed by atoms with E-state index in [4.69, 9.17) is 4.74 Å². The molecule has 23 heavy (non-hydrogen) atoms. The fourth-order valence-corrected chi connectivity index (χ4v) is 3.00. The summed E-state index contributed by atoms with van der Waals surface area (Å²) in [6.45, 7) is 3.54. The first kappa shape index (κ1) is 16.9. The van der Waals surface area contributed by atoms with Crippen molar-refractivity contribution in [3.05, 3.63) is 39.9 Å². The topological polar surface area (TPSA) is 89.8 Å². The number of carbonyl (C=O) groups is 2. The molecule has 0 aliphatic carbocycles. The molecule has 0 unspecified atom stereocenters. The number of hydrogen-bond acceptors (Lipinski definition) is 5. The van der Waals surface area contributed by atoms with Crippen LogP contribution >= 0.6 is 0 Å². The molecule has 1 heterocycles. The first-order valence-electron chi connectivity index (χ1n) is 7.63. The van der Waals surface area contributed by atoms with Crippen molar-refractivity contribution in [2.75, 3.05) is 6.61 Å². The quantitative estimate of drug-likeness (QED) is 0.483. The van der Waals surface area contributed by atoms with Crippen LogP contribution in [0.4, 0.5) is 5.69 Å². The van der Waals surface area contributed by atoms with Crippen molar-refractivity contribution in [3.63, 3.8) is 0 Å². The van der Waals surface area contributed by atoms with Crippen molar-refractivity contribution in [3.8, 4) is 0 Å². The highest BCUT2D eigenvalue weighted by Gasteiger charge is 2.30. The molecule has 1 aliphatic rings. The van der Waals surface area contributed by atoms with E-state index in [2.05, 4.69) is 0 Å². The van der Waals surface area contributed by atoms with Gasteiger partial charge in [0.2, 0.25) is 0 Å². The third-order valence-corrected chi connectivity index (χ3v) is 4.13. The zero-order valence-electron chi connectivity index (χ0n) is 13.2. The number of hydrogen-bond donors (Lipinski definition) is 0. The molecule has 0 bridgehead atoms. The van der Waals surface area contributed by atoms with E-state index in [-0.39, 0.29) is 29.2 Å². The van der Waals surface area contributed by atoms with Gasteiger partial charge in [0.1, 0.15) is 5.56 Å². The van der Waals surface area contributed by atoms with Gasteiger partial charge >= 0.3 is 5.97 Å². The molecule has 1 aliphatic heterocycles. The van der Waals surface area contributed by atoms with Crippen LogP contribution in [0.1, 0.15) is 43.5 Å². The Bertz CT molecular complexity index is 606. The molecule has 1 saturated heterocycles. The number of benzene rings is 1. The standard InChI is InChI=1S/C16H20N2O5/c1-11-6-5-7-12(2)17(11)15(19)10-23-16(20)13-8-3-4-9-14(13)18(21)22/h3-4,8-9,11-12H,5-7,10H2,1-2H3/t11-,12-/m1/s1. The number of rotatable bonds is 4. The Balaban J connectivity index is 2.02. The third kappa shape index (κ3) is 3.85. The second kappa shape index (κ2) is 7.21. The first-order chi connectivity index (χ1) is 10.9. The zero-order valence-corrected chi connectivity index (χ0v) is 13.2. The molecule has 1 amide bonds. The van der Waals surface area contributed by atoms with E-state index in [1.54, 1.807) is 4.90 Å². The molecule has 7 nitrogen and oxygen atoms in total. The molecule has 0 saturated carbocycles. The molecule has 1 aromatic rings. The molecule has 0 N–H and O–H groups in total. The lowest BCUT2D eigenvalue weighted by Gasteiger charge is -2.38. The van der Waals surface area contributed by atoms with Crippen LogP contribution < -0.4 is 0 Å². The van der Waals surface area contributed by atoms with Gasteiger partial charge in [0.15, 0.2) is 6.61 Å². The number of likely N-dealkylation sites (tertiary alicyclic amines) is 1. The molecular formula is C16H20N2O5. The van der Waals surface area contributed by atoms with E-state index in [1.165, 1.54) is 24.3 Å². The SMILES string of the molecule is C[C@@H]1CCC[C@@H](C)N1C(=O)COC(=O)c1ccccc1[N+](=O)[O-]. The van der Waals surface area contributed by atoms with Gasteiger partial charge in [-0.1, -0.05) is 12.1 Å². The Hall–Kier alpha value is -2.44. The fourth-order valence-electron chi connectivity index (χ4n) is 3.00. The maximum absolute atomic E-state index is 12.3. The van der Waals surface area contributed by atoms with Crippen molar-refractivity contribution in [1.29, 1.82) is 0 Å². The lowest BCUT2D eigenvalue weighted by atomic mass is 9.97. The summed E-state index contributed by atoms with van der Waals surface area (Å²) in [5.41, 5.74) is -0.477. The molecule has 1 fully saturated rings. The number of piperidine rings is 1. The van der Waals surface area contributed by atoms with Gasteiger partial charge < -0.3 is 9.64 Å². The van der Waals surface area contributed by atoms with Crippen molar-refractivity contribution >= 4 is 17.6 Å². The minimum absolute atomic E-state index is 0.107. The summed E-state index contributed by atoms with van der Waals surface area (Å²) < 4.78 is 5.00. The number of amides is 1. The monoisotopic (exact) mass is 320 g/mol. The Morgan fingerprint density at radius 2 is 1.87 bits per heavy atom. The molecule has 0 radical (unpaired) electrons. The Kier molecular flexibility index (Phi) is 5.31. The van der Waals surface area contributed by atoms with Gasteiger partial charge in [-0.05, 0) is 39.2 Å². The highest BCUT2D eigenvalue weighted by molar-refractivity contribution is 5.95. The maximum Gasteiger partial charge on any atom is 0.345 e. The molecule has 1 aromatic carbocycles. The fraction of sp³-hybridized carbons (Fsp3) is 0.500. The summed E-state index contributed by atoms with van der Waals surface area (Å²) in [7, 11) is 0. The van der Waals surface area contributed by atoms with E-state index in [0.717, 1.165) is 19.3 Å². The Labute approximate surface area is 134 Å². The average Bonchev–Trinajstić information content (AvgIpc) is 2.52. The van der Waals surface area contributed by atoms with Crippen molar-refractivity contribution in [2.24, 2.45) is 0 Å². The predicted octanol–water partition coefficient (Wildman–Crippen LogP) is 2.54. The number of para-hydroxylation sites is 1.